The molecule has 2 aliphatic heterocycles. The highest BCUT2D eigenvalue weighted by molar-refractivity contribution is 7.80. The van der Waals surface area contributed by atoms with E-state index in [1.165, 1.54) is 32.4 Å². The van der Waals surface area contributed by atoms with E-state index in [4.69, 9.17) is 42.8 Å². The third-order valence-corrected chi connectivity index (χ3v) is 5.66. The Bertz CT molecular complexity index is 1120. The van der Waals surface area contributed by atoms with E-state index in [2.05, 4.69) is 5.32 Å². The highest BCUT2D eigenvalue weighted by Crippen LogP contribution is 2.45. The van der Waals surface area contributed by atoms with Crippen LogP contribution in [0.3, 0.4) is 0 Å². The molecule has 2 aliphatic rings. The number of allylic oxidation sites excluding steroid dienone is 1. The van der Waals surface area contributed by atoms with Crippen LogP contribution in [0, 0.1) is 5.82 Å². The molecule has 1 unspecified atom stereocenters. The Labute approximate surface area is 188 Å². The smallest absolute Gasteiger partial charge is 0.337 e. The monoisotopic (exact) mass is 464 g/mol. The van der Waals surface area contributed by atoms with E-state index in [9.17, 15) is 9.18 Å². The van der Waals surface area contributed by atoms with Gasteiger partial charge in [0.05, 0.1) is 30.9 Å². The molecule has 162 valence electrons. The highest BCUT2D eigenvalue weighted by Gasteiger charge is 2.36. The molecule has 31 heavy (non-hydrogen) atoms. The molecule has 0 aliphatic carbocycles. The van der Waals surface area contributed by atoms with Crippen LogP contribution in [0.15, 0.2) is 41.6 Å². The van der Waals surface area contributed by atoms with Crippen LogP contribution in [-0.4, -0.2) is 32.1 Å². The molecule has 10 heteroatoms. The molecule has 0 aromatic heterocycles. The maximum atomic E-state index is 13.7. The minimum atomic E-state index is -0.643. The largest absolute Gasteiger partial charge is 0.493 e. The molecule has 0 fully saturated rings. The lowest BCUT2D eigenvalue weighted by Gasteiger charge is -2.37. The Morgan fingerprint density at radius 2 is 2.06 bits per heavy atom. The van der Waals surface area contributed by atoms with Crippen LogP contribution in [0.1, 0.15) is 18.5 Å². The van der Waals surface area contributed by atoms with Gasteiger partial charge in [0.1, 0.15) is 5.82 Å². The number of carbonyl (C=O) groups excluding carboxylic acids is 1. The van der Waals surface area contributed by atoms with Gasteiger partial charge in [-0.1, -0.05) is 11.6 Å². The van der Waals surface area contributed by atoms with E-state index in [1.54, 1.807) is 24.0 Å². The quantitative estimate of drug-likeness (QED) is 0.536. The van der Waals surface area contributed by atoms with Gasteiger partial charge in [0, 0.05) is 11.4 Å². The van der Waals surface area contributed by atoms with Crippen LogP contribution in [-0.2, 0) is 9.53 Å². The minimum Gasteiger partial charge on any atom is -0.493 e. The molecule has 2 aromatic carbocycles. The summed E-state index contributed by atoms with van der Waals surface area (Å²) in [6.07, 6.45) is 0. The van der Waals surface area contributed by atoms with Gasteiger partial charge in [0.2, 0.25) is 12.5 Å². The fraction of sp³-hybridized carbons (Fsp3) is 0.238. The van der Waals surface area contributed by atoms with Crippen molar-refractivity contribution in [1.29, 1.82) is 0 Å². The number of thiocarbonyl (C=S) groups is 1. The molecule has 1 atom stereocenters. The molecule has 0 bridgehead atoms. The van der Waals surface area contributed by atoms with Gasteiger partial charge in [0.15, 0.2) is 16.6 Å². The number of carbonyl (C=O) groups is 1. The van der Waals surface area contributed by atoms with Crippen molar-refractivity contribution >= 4 is 40.6 Å². The lowest BCUT2D eigenvalue weighted by molar-refractivity contribution is -0.136. The molecule has 1 N–H and O–H groups in total. The average Bonchev–Trinajstić information content (AvgIpc) is 3.23. The third kappa shape index (κ3) is 3.64. The highest BCUT2D eigenvalue weighted by atomic mass is 35.5. The fourth-order valence-corrected chi connectivity index (χ4v) is 4.15. The lowest BCUT2D eigenvalue weighted by atomic mass is 9.94. The molecular weight excluding hydrogens is 447 g/mol. The molecule has 2 heterocycles. The molecule has 7 nitrogen and oxygen atoms in total. The molecule has 0 spiro atoms. The standard InChI is InChI=1S/C21H18ClFN2O5S/c1-10-17(20(26)28-3)18(11-6-15(27-2)19-16(7-11)29-9-30-19)24-21(31)25(10)12-4-5-14(23)13(22)8-12/h4-8,18H,9H2,1-3H3,(H,24,31). The van der Waals surface area contributed by atoms with E-state index >= 15 is 0 Å². The third-order valence-electron chi connectivity index (χ3n) is 5.07. The zero-order valence-electron chi connectivity index (χ0n) is 16.8. The van der Waals surface area contributed by atoms with E-state index in [0.29, 0.717) is 44.9 Å². The van der Waals surface area contributed by atoms with Crippen molar-refractivity contribution in [3.05, 3.63) is 58.0 Å². The van der Waals surface area contributed by atoms with Crippen molar-refractivity contribution in [3.8, 4) is 17.2 Å². The van der Waals surface area contributed by atoms with Crippen LogP contribution in [0.5, 0.6) is 17.2 Å². The fourth-order valence-electron chi connectivity index (χ4n) is 3.62. The number of ether oxygens (including phenoxy) is 4. The SMILES string of the molecule is COC(=O)C1=C(C)N(c2ccc(F)c(Cl)c2)C(=S)NC1c1cc(OC)c2c(c1)OCO2. The van der Waals surface area contributed by atoms with Gasteiger partial charge in [0.25, 0.3) is 0 Å². The van der Waals surface area contributed by atoms with Crippen molar-refractivity contribution in [2.45, 2.75) is 13.0 Å². The van der Waals surface area contributed by atoms with Crippen LogP contribution >= 0.6 is 23.8 Å². The van der Waals surface area contributed by atoms with Crippen molar-refractivity contribution < 1.29 is 28.1 Å². The first-order valence-electron chi connectivity index (χ1n) is 9.18. The molecule has 0 saturated carbocycles. The van der Waals surface area contributed by atoms with Crippen molar-refractivity contribution in [1.82, 2.24) is 5.32 Å². The summed E-state index contributed by atoms with van der Waals surface area (Å²) in [6.45, 7) is 1.80. The molecule has 4 rings (SSSR count). The van der Waals surface area contributed by atoms with Gasteiger partial charge in [-0.15, -0.1) is 0 Å². The zero-order chi connectivity index (χ0) is 22.3. The topological polar surface area (TPSA) is 69.3 Å². The maximum Gasteiger partial charge on any atom is 0.337 e. The van der Waals surface area contributed by atoms with Crippen LogP contribution in [0.2, 0.25) is 5.02 Å². The van der Waals surface area contributed by atoms with E-state index in [0.717, 1.165) is 0 Å². The first kappa shape index (κ1) is 21.2. The first-order valence-corrected chi connectivity index (χ1v) is 9.96. The number of hydrogen-bond acceptors (Lipinski definition) is 6. The van der Waals surface area contributed by atoms with E-state index < -0.39 is 17.8 Å². The number of esters is 1. The number of fused-ring (bicyclic) bond motifs is 1. The summed E-state index contributed by atoms with van der Waals surface area (Å²) in [5.41, 5.74) is 2.00. The van der Waals surface area contributed by atoms with Crippen molar-refractivity contribution in [2.24, 2.45) is 0 Å². The summed E-state index contributed by atoms with van der Waals surface area (Å²) in [7, 11) is 2.81. The van der Waals surface area contributed by atoms with Gasteiger partial charge in [-0.05, 0) is 55.0 Å². The summed E-state index contributed by atoms with van der Waals surface area (Å²) in [5, 5.41) is 3.40. The first-order chi connectivity index (χ1) is 14.8. The van der Waals surface area contributed by atoms with Gasteiger partial charge in [-0.3, -0.25) is 4.90 Å². The average molecular weight is 465 g/mol. The van der Waals surface area contributed by atoms with Gasteiger partial charge in [-0.2, -0.15) is 0 Å². The number of benzene rings is 2. The summed E-state index contributed by atoms with van der Waals surface area (Å²) in [6, 6.07) is 7.06. The maximum absolute atomic E-state index is 13.7. The molecule has 0 saturated heterocycles. The Morgan fingerprint density at radius 1 is 1.29 bits per heavy atom. The molecule has 0 radical (unpaired) electrons. The number of rotatable bonds is 4. The van der Waals surface area contributed by atoms with Gasteiger partial charge < -0.3 is 24.3 Å². The predicted octanol–water partition coefficient (Wildman–Crippen LogP) is 4.10. The zero-order valence-corrected chi connectivity index (χ0v) is 18.4. The number of hydrogen-bond donors (Lipinski definition) is 1. The van der Waals surface area contributed by atoms with Crippen LogP contribution in [0.25, 0.3) is 0 Å². The summed E-state index contributed by atoms with van der Waals surface area (Å²) in [5.74, 6) is 0.352. The molecule has 2 aromatic rings. The van der Waals surface area contributed by atoms with Crippen molar-refractivity contribution in [2.75, 3.05) is 25.9 Å². The Hall–Kier alpha value is -3.04. The van der Waals surface area contributed by atoms with Crippen molar-refractivity contribution in [3.63, 3.8) is 0 Å². The number of halogens is 2. The second-order valence-corrected chi connectivity index (χ2v) is 7.56. The Morgan fingerprint density at radius 3 is 2.74 bits per heavy atom. The van der Waals surface area contributed by atoms with E-state index in [1.807, 2.05) is 0 Å². The lowest BCUT2D eigenvalue weighted by Crippen LogP contribution is -2.48. The number of methoxy groups -OCH3 is 2. The van der Waals surface area contributed by atoms with Gasteiger partial charge >= 0.3 is 5.97 Å². The summed E-state index contributed by atoms with van der Waals surface area (Å²) >= 11 is 11.5. The Kier molecular flexibility index (Phi) is 5.63. The number of nitrogens with zero attached hydrogens (tertiary/aromatic N) is 1. The minimum absolute atomic E-state index is 0.0599. The molecular formula is C21H18ClFN2O5S. The Balaban J connectivity index is 1.85. The van der Waals surface area contributed by atoms with Crippen LogP contribution < -0.4 is 24.4 Å². The summed E-state index contributed by atoms with van der Waals surface area (Å²) in [4.78, 5) is 14.4. The normalized spacial score (nSPS) is 17.5. The molecule has 0 amide bonds. The number of anilines is 1. The van der Waals surface area contributed by atoms with E-state index in [-0.39, 0.29) is 11.8 Å². The number of nitrogens with one attached hydrogen (secondary N) is 1. The second kappa shape index (κ2) is 8.24. The second-order valence-electron chi connectivity index (χ2n) is 6.76. The van der Waals surface area contributed by atoms with Gasteiger partial charge in [-0.25, -0.2) is 9.18 Å². The summed E-state index contributed by atoms with van der Waals surface area (Å²) < 4.78 is 35.1. The predicted molar refractivity (Wildman–Crippen MR) is 116 cm³/mol. The van der Waals surface area contributed by atoms with Crippen LogP contribution in [0.4, 0.5) is 10.1 Å².